The van der Waals surface area contributed by atoms with Crippen LogP contribution in [0.2, 0.25) is 0 Å². The van der Waals surface area contributed by atoms with E-state index in [0.717, 1.165) is 22.1 Å². The molecular weight excluding hydrogens is 332 g/mol. The van der Waals surface area contributed by atoms with E-state index in [-0.39, 0.29) is 5.92 Å². The van der Waals surface area contributed by atoms with E-state index >= 15 is 0 Å². The number of primary sulfonamides is 1. The number of nitrogens with zero attached hydrogens (tertiary/aromatic N) is 3. The Morgan fingerprint density at radius 2 is 1.88 bits per heavy atom. The molecule has 0 spiro atoms. The minimum absolute atomic E-state index is 0.119. The van der Waals surface area contributed by atoms with E-state index in [2.05, 4.69) is 9.97 Å². The molecule has 0 saturated carbocycles. The van der Waals surface area contributed by atoms with Crippen molar-refractivity contribution in [3.8, 4) is 11.5 Å². The molecule has 2 aromatic rings. The van der Waals surface area contributed by atoms with Gasteiger partial charge in [0.25, 0.3) is 0 Å². The molecule has 1 aromatic heterocycles. The van der Waals surface area contributed by atoms with Gasteiger partial charge in [0.1, 0.15) is 12.1 Å². The van der Waals surface area contributed by atoms with E-state index < -0.39 is 10.0 Å². The molecule has 2 heterocycles. The molecule has 0 radical (unpaired) electrons. The van der Waals surface area contributed by atoms with Crippen molar-refractivity contribution in [3.63, 3.8) is 0 Å². The van der Waals surface area contributed by atoms with Gasteiger partial charge in [0.05, 0.1) is 19.7 Å². The normalized spacial score (nSPS) is 15.7. The fraction of sp³-hybridized carbons (Fsp3) is 0.333. The Labute approximate surface area is 139 Å². The maximum Gasteiger partial charge on any atom is 0.230 e. The van der Waals surface area contributed by atoms with E-state index in [0.29, 0.717) is 24.6 Å². The van der Waals surface area contributed by atoms with Crippen molar-refractivity contribution >= 4 is 26.7 Å². The van der Waals surface area contributed by atoms with Gasteiger partial charge in [-0.15, -0.1) is 0 Å². The van der Waals surface area contributed by atoms with E-state index in [1.807, 2.05) is 11.0 Å². The lowest BCUT2D eigenvalue weighted by Gasteiger charge is -2.39. The molecule has 0 atom stereocenters. The first-order chi connectivity index (χ1) is 11.4. The number of aromatic nitrogens is 2. The zero-order valence-corrected chi connectivity index (χ0v) is 14.2. The van der Waals surface area contributed by atoms with Crippen molar-refractivity contribution in [2.45, 2.75) is 0 Å². The van der Waals surface area contributed by atoms with Gasteiger partial charge in [0.2, 0.25) is 10.0 Å². The van der Waals surface area contributed by atoms with E-state index in [1.54, 1.807) is 26.4 Å². The number of hydrogen-bond donors (Lipinski definition) is 1. The average Bonchev–Trinajstić information content (AvgIpc) is 2.51. The van der Waals surface area contributed by atoms with Gasteiger partial charge in [-0.3, -0.25) is 0 Å². The quantitative estimate of drug-likeness (QED) is 0.853. The molecule has 0 amide bonds. The first-order valence-electron chi connectivity index (χ1n) is 7.24. The third-order valence-corrected chi connectivity index (χ3v) is 4.41. The van der Waals surface area contributed by atoms with Crippen LogP contribution in [0.4, 0.5) is 5.82 Å². The fourth-order valence-electron chi connectivity index (χ4n) is 2.65. The van der Waals surface area contributed by atoms with Crippen molar-refractivity contribution in [1.82, 2.24) is 9.97 Å². The number of fused-ring (bicyclic) bond motifs is 1. The SMILES string of the molecule is COc1cc2ncnc(N3CC(C=CS(N)(=O)=O)C3)c2cc1OC. The minimum Gasteiger partial charge on any atom is -0.493 e. The molecule has 0 bridgehead atoms. The summed E-state index contributed by atoms with van der Waals surface area (Å²) in [7, 11) is -0.437. The number of hydrogen-bond acceptors (Lipinski definition) is 7. The molecule has 1 aliphatic heterocycles. The van der Waals surface area contributed by atoms with Crippen LogP contribution in [0.5, 0.6) is 11.5 Å². The van der Waals surface area contributed by atoms with E-state index in [4.69, 9.17) is 14.6 Å². The van der Waals surface area contributed by atoms with Crippen LogP contribution >= 0.6 is 0 Å². The highest BCUT2D eigenvalue weighted by Gasteiger charge is 2.28. The maximum absolute atomic E-state index is 11.0. The summed E-state index contributed by atoms with van der Waals surface area (Å²) in [6, 6.07) is 3.65. The van der Waals surface area contributed by atoms with Gasteiger partial charge < -0.3 is 14.4 Å². The summed E-state index contributed by atoms with van der Waals surface area (Å²) in [4.78, 5) is 10.7. The Morgan fingerprint density at radius 3 is 2.50 bits per heavy atom. The molecule has 1 aliphatic rings. The fourth-order valence-corrected chi connectivity index (χ4v) is 3.09. The largest absolute Gasteiger partial charge is 0.493 e. The summed E-state index contributed by atoms with van der Waals surface area (Å²) >= 11 is 0. The van der Waals surface area contributed by atoms with Gasteiger partial charge in [0, 0.05) is 35.9 Å². The highest BCUT2D eigenvalue weighted by Crippen LogP contribution is 2.36. The highest BCUT2D eigenvalue weighted by atomic mass is 32.2. The van der Waals surface area contributed by atoms with Crippen LogP contribution in [-0.4, -0.2) is 45.7 Å². The number of sulfonamides is 1. The Kier molecular flexibility index (Phi) is 4.29. The molecule has 0 aliphatic carbocycles. The van der Waals surface area contributed by atoms with Gasteiger partial charge in [-0.1, -0.05) is 6.08 Å². The average molecular weight is 350 g/mol. The van der Waals surface area contributed by atoms with Gasteiger partial charge in [-0.25, -0.2) is 23.5 Å². The second-order valence-electron chi connectivity index (χ2n) is 5.50. The summed E-state index contributed by atoms with van der Waals surface area (Å²) in [6.45, 7) is 1.32. The molecule has 1 fully saturated rings. The molecule has 0 unspecified atom stereocenters. The van der Waals surface area contributed by atoms with Crippen LogP contribution in [0, 0.1) is 5.92 Å². The topological polar surface area (TPSA) is 108 Å². The zero-order valence-electron chi connectivity index (χ0n) is 13.3. The van der Waals surface area contributed by atoms with Crippen molar-refractivity contribution < 1.29 is 17.9 Å². The van der Waals surface area contributed by atoms with Crippen molar-refractivity contribution in [1.29, 1.82) is 0 Å². The lowest BCUT2D eigenvalue weighted by atomic mass is 10.00. The Morgan fingerprint density at radius 1 is 1.21 bits per heavy atom. The lowest BCUT2D eigenvalue weighted by Crippen LogP contribution is -2.46. The van der Waals surface area contributed by atoms with E-state index in [9.17, 15) is 8.42 Å². The smallest absolute Gasteiger partial charge is 0.230 e. The van der Waals surface area contributed by atoms with Crippen molar-refractivity contribution in [2.24, 2.45) is 11.1 Å². The summed E-state index contributed by atoms with van der Waals surface area (Å²) < 4.78 is 32.6. The van der Waals surface area contributed by atoms with Gasteiger partial charge >= 0.3 is 0 Å². The molecule has 1 saturated heterocycles. The first kappa shape index (κ1) is 16.5. The summed E-state index contributed by atoms with van der Waals surface area (Å²) in [5.74, 6) is 2.11. The van der Waals surface area contributed by atoms with Crippen LogP contribution in [-0.2, 0) is 10.0 Å². The lowest BCUT2D eigenvalue weighted by molar-refractivity contribution is 0.355. The predicted molar refractivity (Wildman–Crippen MR) is 90.6 cm³/mol. The standard InChI is InChI=1S/C15H18N4O4S/c1-22-13-5-11-12(6-14(13)23-2)17-9-18-15(11)19-7-10(8-19)3-4-24(16,20)21/h3-6,9-10H,7-8H2,1-2H3,(H2,16,20,21). The van der Waals surface area contributed by atoms with Crippen molar-refractivity contribution in [2.75, 3.05) is 32.2 Å². The minimum atomic E-state index is -3.58. The van der Waals surface area contributed by atoms with Crippen LogP contribution in [0.15, 0.2) is 29.9 Å². The number of ether oxygens (including phenoxy) is 2. The molecule has 1 aromatic carbocycles. The van der Waals surface area contributed by atoms with E-state index in [1.165, 1.54) is 6.33 Å². The maximum atomic E-state index is 11.0. The number of anilines is 1. The van der Waals surface area contributed by atoms with Gasteiger partial charge in [-0.2, -0.15) is 0 Å². The summed E-state index contributed by atoms with van der Waals surface area (Å²) in [6.07, 6.45) is 3.11. The van der Waals surface area contributed by atoms with Crippen LogP contribution in [0.3, 0.4) is 0 Å². The molecular formula is C15H18N4O4S. The van der Waals surface area contributed by atoms with Crippen LogP contribution < -0.4 is 19.5 Å². The first-order valence-corrected chi connectivity index (χ1v) is 8.85. The zero-order chi connectivity index (χ0) is 17.3. The molecule has 8 nitrogen and oxygen atoms in total. The molecule has 24 heavy (non-hydrogen) atoms. The third kappa shape index (κ3) is 3.26. The molecule has 128 valence electrons. The summed E-state index contributed by atoms with van der Waals surface area (Å²) in [5.41, 5.74) is 0.751. The number of nitrogens with two attached hydrogens (primary N) is 1. The van der Waals surface area contributed by atoms with Crippen LogP contribution in [0.25, 0.3) is 10.9 Å². The van der Waals surface area contributed by atoms with Crippen LogP contribution in [0.1, 0.15) is 0 Å². The molecule has 2 N–H and O–H groups in total. The number of methoxy groups -OCH3 is 2. The van der Waals surface area contributed by atoms with Crippen molar-refractivity contribution in [3.05, 3.63) is 29.9 Å². The van der Waals surface area contributed by atoms with Gasteiger partial charge in [-0.05, 0) is 6.07 Å². The van der Waals surface area contributed by atoms with Gasteiger partial charge in [0.15, 0.2) is 11.5 Å². The Hall–Kier alpha value is -2.39. The molecule has 9 heteroatoms. The second-order valence-corrected chi connectivity index (χ2v) is 6.95. The Balaban J connectivity index is 1.87. The highest BCUT2D eigenvalue weighted by molar-refractivity contribution is 7.92. The second kappa shape index (κ2) is 6.25. The Bertz CT molecular complexity index is 892. The monoisotopic (exact) mass is 350 g/mol. The number of benzene rings is 1. The summed E-state index contributed by atoms with van der Waals surface area (Å²) in [5, 5.41) is 6.86. The predicted octanol–water partition coefficient (Wildman–Crippen LogP) is 0.885. The third-order valence-electron chi connectivity index (χ3n) is 3.87. The molecule has 3 rings (SSSR count). The number of rotatable bonds is 5.